The fourth-order valence-electron chi connectivity index (χ4n) is 2.56. The number of aliphatic hydroxyl groups is 1. The van der Waals surface area contributed by atoms with Crippen molar-refractivity contribution in [2.24, 2.45) is 5.92 Å². The highest BCUT2D eigenvalue weighted by atomic mass is 16.6. The van der Waals surface area contributed by atoms with E-state index in [1.807, 2.05) is 27.7 Å². The summed E-state index contributed by atoms with van der Waals surface area (Å²) >= 11 is 0. The fraction of sp³-hybridized carbons (Fsp3) is 0.917. The number of carbonyl (C=O) groups is 1. The molecule has 0 radical (unpaired) electrons. The van der Waals surface area contributed by atoms with Crippen LogP contribution in [0, 0.1) is 5.92 Å². The van der Waals surface area contributed by atoms with Crippen LogP contribution >= 0.6 is 0 Å². The number of nitrogens with zero attached hydrogens (tertiary/aromatic N) is 1. The molecule has 0 bridgehead atoms. The lowest BCUT2D eigenvalue weighted by Gasteiger charge is -2.28. The molecule has 2 heterocycles. The first kappa shape index (κ1) is 12.6. The second-order valence-corrected chi connectivity index (χ2v) is 5.97. The van der Waals surface area contributed by atoms with Gasteiger partial charge in [-0.2, -0.15) is 0 Å². The number of carbonyl (C=O) groups excluding carboxylic acids is 1. The maximum atomic E-state index is 12.0. The molecule has 17 heavy (non-hydrogen) atoms. The van der Waals surface area contributed by atoms with Crippen molar-refractivity contribution in [3.05, 3.63) is 0 Å². The second-order valence-electron chi connectivity index (χ2n) is 5.97. The van der Waals surface area contributed by atoms with Gasteiger partial charge < -0.3 is 14.6 Å². The standard InChI is InChI=1S/C12H21NO4/c1-7-5-13(11(15)17-12(2,3)4)9-8(14)6-16-10(7)9/h7-10,14H,5-6H2,1-4H3/t7-,8?,9?,10?/m1/s1. The molecule has 2 saturated heterocycles. The predicted octanol–water partition coefficient (Wildman–Crippen LogP) is 1.00. The van der Waals surface area contributed by atoms with Crippen LogP contribution in [-0.2, 0) is 9.47 Å². The molecule has 2 rings (SSSR count). The highest BCUT2D eigenvalue weighted by molar-refractivity contribution is 5.69. The summed E-state index contributed by atoms with van der Waals surface area (Å²) in [5, 5.41) is 9.86. The molecule has 1 amide bonds. The van der Waals surface area contributed by atoms with E-state index in [0.717, 1.165) is 0 Å². The van der Waals surface area contributed by atoms with Crippen molar-refractivity contribution in [1.82, 2.24) is 4.90 Å². The van der Waals surface area contributed by atoms with Gasteiger partial charge in [0, 0.05) is 12.5 Å². The van der Waals surface area contributed by atoms with Crippen LogP contribution in [0.1, 0.15) is 27.7 Å². The molecule has 0 aromatic rings. The first-order valence-electron chi connectivity index (χ1n) is 6.09. The maximum absolute atomic E-state index is 12.0. The van der Waals surface area contributed by atoms with Crippen LogP contribution in [0.3, 0.4) is 0 Å². The summed E-state index contributed by atoms with van der Waals surface area (Å²) in [6, 6.07) is -0.250. The topological polar surface area (TPSA) is 59.0 Å². The smallest absolute Gasteiger partial charge is 0.410 e. The number of hydrogen-bond donors (Lipinski definition) is 1. The molecule has 5 nitrogen and oxygen atoms in total. The first-order chi connectivity index (χ1) is 7.79. The molecule has 4 atom stereocenters. The fourth-order valence-corrected chi connectivity index (χ4v) is 2.56. The monoisotopic (exact) mass is 243 g/mol. The Morgan fingerprint density at radius 1 is 1.47 bits per heavy atom. The van der Waals surface area contributed by atoms with Crippen LogP contribution in [-0.4, -0.2) is 53.1 Å². The lowest BCUT2D eigenvalue weighted by atomic mass is 10.0. The minimum atomic E-state index is -0.600. The Hall–Kier alpha value is -0.810. The summed E-state index contributed by atoms with van der Waals surface area (Å²) in [5.41, 5.74) is -0.511. The van der Waals surface area contributed by atoms with Gasteiger partial charge in [0.2, 0.25) is 0 Å². The lowest BCUT2D eigenvalue weighted by molar-refractivity contribution is 0.0102. The molecule has 0 aliphatic carbocycles. The summed E-state index contributed by atoms with van der Waals surface area (Å²) in [6.07, 6.45) is -1.02. The predicted molar refractivity (Wildman–Crippen MR) is 61.6 cm³/mol. The van der Waals surface area contributed by atoms with Crippen molar-refractivity contribution in [2.75, 3.05) is 13.2 Å². The van der Waals surface area contributed by atoms with Crippen LogP contribution in [0.15, 0.2) is 0 Å². The number of ether oxygens (including phenoxy) is 2. The quantitative estimate of drug-likeness (QED) is 0.689. The third kappa shape index (κ3) is 2.40. The van der Waals surface area contributed by atoms with Gasteiger partial charge >= 0.3 is 6.09 Å². The molecule has 0 saturated carbocycles. The average Bonchev–Trinajstić information content (AvgIpc) is 2.67. The van der Waals surface area contributed by atoms with Crippen LogP contribution in [0.5, 0.6) is 0 Å². The largest absolute Gasteiger partial charge is 0.444 e. The summed E-state index contributed by atoms with van der Waals surface area (Å²) in [4.78, 5) is 13.6. The molecule has 0 aromatic carbocycles. The molecule has 1 N–H and O–H groups in total. The molecular weight excluding hydrogens is 222 g/mol. The third-order valence-electron chi connectivity index (χ3n) is 3.22. The van der Waals surface area contributed by atoms with E-state index >= 15 is 0 Å². The van der Waals surface area contributed by atoms with Crippen LogP contribution < -0.4 is 0 Å². The molecule has 98 valence electrons. The van der Waals surface area contributed by atoms with Crippen molar-refractivity contribution in [1.29, 1.82) is 0 Å². The van der Waals surface area contributed by atoms with E-state index < -0.39 is 11.7 Å². The van der Waals surface area contributed by atoms with Gasteiger partial charge in [0.25, 0.3) is 0 Å². The molecule has 5 heteroatoms. The SMILES string of the molecule is C[C@@H]1CN(C(=O)OC(C)(C)C)C2C(O)COC21. The average molecular weight is 243 g/mol. The Balaban J connectivity index is 2.08. The van der Waals surface area contributed by atoms with Crippen molar-refractivity contribution in [3.63, 3.8) is 0 Å². The van der Waals surface area contributed by atoms with Crippen molar-refractivity contribution >= 4 is 6.09 Å². The van der Waals surface area contributed by atoms with E-state index in [1.54, 1.807) is 4.90 Å². The van der Waals surface area contributed by atoms with Crippen LogP contribution in [0.25, 0.3) is 0 Å². The molecule has 2 aliphatic rings. The van der Waals surface area contributed by atoms with Crippen molar-refractivity contribution < 1.29 is 19.4 Å². The van der Waals surface area contributed by atoms with Crippen molar-refractivity contribution in [2.45, 2.75) is 51.5 Å². The van der Waals surface area contributed by atoms with Crippen LogP contribution in [0.2, 0.25) is 0 Å². The summed E-state index contributed by atoms with van der Waals surface area (Å²) in [7, 11) is 0. The van der Waals surface area contributed by atoms with Crippen LogP contribution in [0.4, 0.5) is 4.79 Å². The Labute approximate surface area is 102 Å². The molecule has 0 aromatic heterocycles. The number of rotatable bonds is 0. The lowest BCUT2D eigenvalue weighted by Crippen LogP contribution is -2.46. The molecule has 0 spiro atoms. The highest BCUT2D eigenvalue weighted by Gasteiger charge is 2.51. The molecule has 3 unspecified atom stereocenters. The van der Waals surface area contributed by atoms with Gasteiger partial charge in [-0.15, -0.1) is 0 Å². The van der Waals surface area contributed by atoms with Crippen molar-refractivity contribution in [3.8, 4) is 0 Å². The number of likely N-dealkylation sites (tertiary alicyclic amines) is 1. The van der Waals surface area contributed by atoms with Gasteiger partial charge in [0.1, 0.15) is 11.7 Å². The van der Waals surface area contributed by atoms with Gasteiger partial charge in [0.05, 0.1) is 18.8 Å². The summed E-state index contributed by atoms with van der Waals surface area (Å²) < 4.78 is 10.9. The maximum Gasteiger partial charge on any atom is 0.410 e. The van der Waals surface area contributed by atoms with Gasteiger partial charge in [-0.1, -0.05) is 6.92 Å². The molecule has 2 fully saturated rings. The second kappa shape index (κ2) is 4.14. The Morgan fingerprint density at radius 2 is 2.12 bits per heavy atom. The zero-order chi connectivity index (χ0) is 12.8. The number of hydrogen-bond acceptors (Lipinski definition) is 4. The van der Waals surface area contributed by atoms with E-state index in [0.29, 0.717) is 13.2 Å². The van der Waals surface area contributed by atoms with E-state index in [-0.39, 0.29) is 24.2 Å². The van der Waals surface area contributed by atoms with E-state index in [9.17, 15) is 9.90 Å². The zero-order valence-corrected chi connectivity index (χ0v) is 10.8. The number of aliphatic hydroxyl groups excluding tert-OH is 1. The summed E-state index contributed by atoms with van der Waals surface area (Å²) in [6.45, 7) is 8.43. The van der Waals surface area contributed by atoms with E-state index in [2.05, 4.69) is 0 Å². The molecular formula is C12H21NO4. The van der Waals surface area contributed by atoms with E-state index in [1.165, 1.54) is 0 Å². The van der Waals surface area contributed by atoms with Gasteiger partial charge in [-0.25, -0.2) is 4.79 Å². The zero-order valence-electron chi connectivity index (χ0n) is 10.8. The number of fused-ring (bicyclic) bond motifs is 1. The van der Waals surface area contributed by atoms with Gasteiger partial charge in [-0.3, -0.25) is 4.90 Å². The Kier molecular flexibility index (Phi) is 3.08. The minimum absolute atomic E-state index is 0.0579. The Morgan fingerprint density at radius 3 is 2.71 bits per heavy atom. The number of amides is 1. The van der Waals surface area contributed by atoms with Gasteiger partial charge in [0.15, 0.2) is 0 Å². The third-order valence-corrected chi connectivity index (χ3v) is 3.22. The summed E-state index contributed by atoms with van der Waals surface area (Å²) in [5.74, 6) is 0.240. The molecule has 2 aliphatic heterocycles. The normalized spacial score (nSPS) is 37.1. The van der Waals surface area contributed by atoms with E-state index in [4.69, 9.17) is 9.47 Å². The Bertz CT molecular complexity index is 312. The van der Waals surface area contributed by atoms with Gasteiger partial charge in [-0.05, 0) is 20.8 Å². The minimum Gasteiger partial charge on any atom is -0.444 e. The highest BCUT2D eigenvalue weighted by Crippen LogP contribution is 2.34. The first-order valence-corrected chi connectivity index (χ1v) is 6.09.